The first kappa shape index (κ1) is 15.0. The lowest BCUT2D eigenvalue weighted by molar-refractivity contribution is -0.131. The normalized spacial score (nSPS) is 11.6. The van der Waals surface area contributed by atoms with Gasteiger partial charge in [0.05, 0.1) is 4.90 Å². The van der Waals surface area contributed by atoms with Gasteiger partial charge in [0.1, 0.15) is 0 Å². The summed E-state index contributed by atoms with van der Waals surface area (Å²) in [5, 5.41) is 0. The molecule has 1 aromatic carbocycles. The molecule has 0 N–H and O–H groups in total. The van der Waals surface area contributed by atoms with Crippen LogP contribution in [0.2, 0.25) is 0 Å². The number of amides is 1. The average Bonchev–Trinajstić information content (AvgIpc) is 2.24. The fourth-order valence-corrected chi connectivity index (χ4v) is 2.38. The van der Waals surface area contributed by atoms with Gasteiger partial charge in [-0.15, -0.1) is 0 Å². The van der Waals surface area contributed by atoms with Crippen LogP contribution in [0.25, 0.3) is 0 Å². The van der Waals surface area contributed by atoms with E-state index in [1.807, 2.05) is 13.8 Å². The van der Waals surface area contributed by atoms with Crippen molar-refractivity contribution in [2.75, 3.05) is 0 Å². The highest BCUT2D eigenvalue weighted by Gasteiger charge is 2.14. The van der Waals surface area contributed by atoms with Crippen LogP contribution in [0.1, 0.15) is 26.3 Å². The molecule has 6 heteroatoms. The van der Waals surface area contributed by atoms with Crippen LogP contribution in [0.5, 0.6) is 0 Å². The van der Waals surface area contributed by atoms with E-state index < -0.39 is 9.05 Å². The summed E-state index contributed by atoms with van der Waals surface area (Å²) in [7, 11) is 1.54. The highest BCUT2D eigenvalue weighted by molar-refractivity contribution is 8.13. The number of nitrogens with zero attached hydrogens (tertiary/aromatic N) is 1. The molecular formula is C12H16ClNO3S. The summed E-state index contributed by atoms with van der Waals surface area (Å²) in [5.74, 6) is -0.0148. The van der Waals surface area contributed by atoms with E-state index in [1.165, 1.54) is 19.1 Å². The highest BCUT2D eigenvalue weighted by atomic mass is 35.7. The average molecular weight is 290 g/mol. The first-order valence-electron chi connectivity index (χ1n) is 5.52. The van der Waals surface area contributed by atoms with Crippen molar-refractivity contribution < 1.29 is 13.2 Å². The Morgan fingerprint density at radius 1 is 1.28 bits per heavy atom. The van der Waals surface area contributed by atoms with Crippen LogP contribution in [-0.4, -0.2) is 25.3 Å². The molecule has 0 atom stereocenters. The minimum atomic E-state index is -3.69. The minimum absolute atomic E-state index is 0.0148. The predicted octanol–water partition coefficient (Wildman–Crippen LogP) is 2.37. The maximum absolute atomic E-state index is 11.4. The van der Waals surface area contributed by atoms with Gasteiger partial charge in [-0.1, -0.05) is 12.1 Å². The van der Waals surface area contributed by atoms with Crippen molar-refractivity contribution in [3.05, 3.63) is 29.8 Å². The van der Waals surface area contributed by atoms with Gasteiger partial charge in [0.25, 0.3) is 9.05 Å². The Bertz CT molecular complexity index is 523. The summed E-state index contributed by atoms with van der Waals surface area (Å²) < 4.78 is 22.2. The second kappa shape index (κ2) is 5.71. The van der Waals surface area contributed by atoms with Gasteiger partial charge in [0.2, 0.25) is 5.91 Å². The van der Waals surface area contributed by atoms with Gasteiger partial charge in [-0.2, -0.15) is 0 Å². The summed E-state index contributed by atoms with van der Waals surface area (Å²) in [5.41, 5.74) is 0.864. The lowest BCUT2D eigenvalue weighted by Gasteiger charge is -2.25. The number of benzene rings is 1. The summed E-state index contributed by atoms with van der Waals surface area (Å²) in [4.78, 5) is 13.2. The molecule has 100 valence electrons. The van der Waals surface area contributed by atoms with Crippen LogP contribution in [-0.2, 0) is 20.4 Å². The molecule has 0 aliphatic carbocycles. The van der Waals surface area contributed by atoms with Crippen LogP contribution in [0.3, 0.4) is 0 Å². The zero-order chi connectivity index (χ0) is 13.9. The zero-order valence-corrected chi connectivity index (χ0v) is 12.1. The fraction of sp³-hybridized carbons (Fsp3) is 0.417. The molecule has 0 aliphatic rings. The van der Waals surface area contributed by atoms with E-state index in [2.05, 4.69) is 0 Å². The topological polar surface area (TPSA) is 54.5 Å². The first-order chi connectivity index (χ1) is 8.21. The molecule has 0 spiro atoms. The molecule has 1 rings (SSSR count). The largest absolute Gasteiger partial charge is 0.336 e. The third kappa shape index (κ3) is 3.99. The molecule has 0 aromatic heterocycles. The summed E-state index contributed by atoms with van der Waals surface area (Å²) in [6, 6.07) is 6.30. The number of carbonyl (C=O) groups excluding carboxylic acids is 1. The molecule has 1 amide bonds. The van der Waals surface area contributed by atoms with Crippen LogP contribution >= 0.6 is 10.7 Å². The van der Waals surface area contributed by atoms with Gasteiger partial charge >= 0.3 is 0 Å². The molecule has 0 bridgehead atoms. The molecule has 18 heavy (non-hydrogen) atoms. The fourth-order valence-electron chi connectivity index (χ4n) is 1.61. The Balaban J connectivity index is 2.90. The number of rotatable bonds is 4. The van der Waals surface area contributed by atoms with Crippen LogP contribution < -0.4 is 0 Å². The van der Waals surface area contributed by atoms with Crippen molar-refractivity contribution in [3.8, 4) is 0 Å². The smallest absolute Gasteiger partial charge is 0.261 e. The third-order valence-corrected chi connectivity index (χ3v) is 3.96. The van der Waals surface area contributed by atoms with Gasteiger partial charge in [0, 0.05) is 30.2 Å². The molecule has 0 fully saturated rings. The number of hydrogen-bond donors (Lipinski definition) is 0. The van der Waals surface area contributed by atoms with E-state index in [9.17, 15) is 13.2 Å². The van der Waals surface area contributed by atoms with Crippen molar-refractivity contribution in [1.82, 2.24) is 4.90 Å². The summed E-state index contributed by atoms with van der Waals surface area (Å²) >= 11 is 0. The Morgan fingerprint density at radius 2 is 1.78 bits per heavy atom. The summed E-state index contributed by atoms with van der Waals surface area (Å²) in [6.07, 6.45) is 0. The number of hydrogen-bond acceptors (Lipinski definition) is 3. The van der Waals surface area contributed by atoms with Gasteiger partial charge in [-0.3, -0.25) is 4.79 Å². The van der Waals surface area contributed by atoms with Crippen LogP contribution in [0.15, 0.2) is 29.2 Å². The minimum Gasteiger partial charge on any atom is -0.336 e. The van der Waals surface area contributed by atoms with E-state index in [4.69, 9.17) is 10.7 Å². The molecule has 1 aromatic rings. The maximum atomic E-state index is 11.4. The zero-order valence-electron chi connectivity index (χ0n) is 10.6. The lowest BCUT2D eigenvalue weighted by Crippen LogP contribution is -2.34. The molecule has 0 saturated heterocycles. The second-order valence-corrected chi connectivity index (χ2v) is 6.89. The van der Waals surface area contributed by atoms with E-state index in [0.717, 1.165) is 5.56 Å². The number of halogens is 1. The molecule has 0 heterocycles. The molecule has 4 nitrogen and oxygen atoms in total. The van der Waals surface area contributed by atoms with E-state index >= 15 is 0 Å². The SMILES string of the molecule is CC(=O)N(Cc1ccc(S(=O)(=O)Cl)cc1)C(C)C. The van der Waals surface area contributed by atoms with Gasteiger partial charge < -0.3 is 4.90 Å². The monoisotopic (exact) mass is 289 g/mol. The van der Waals surface area contributed by atoms with Crippen molar-refractivity contribution in [2.45, 2.75) is 38.3 Å². The predicted molar refractivity (Wildman–Crippen MR) is 70.8 cm³/mol. The van der Waals surface area contributed by atoms with Crippen molar-refractivity contribution >= 4 is 25.6 Å². The maximum Gasteiger partial charge on any atom is 0.261 e. The van der Waals surface area contributed by atoms with Gasteiger partial charge in [-0.25, -0.2) is 8.42 Å². The molecular weight excluding hydrogens is 274 g/mol. The van der Waals surface area contributed by atoms with Crippen molar-refractivity contribution in [2.24, 2.45) is 0 Å². The molecule has 0 unspecified atom stereocenters. The van der Waals surface area contributed by atoms with E-state index in [1.54, 1.807) is 17.0 Å². The van der Waals surface area contributed by atoms with Gasteiger partial charge in [0.15, 0.2) is 0 Å². The lowest BCUT2D eigenvalue weighted by atomic mass is 10.2. The molecule has 0 radical (unpaired) electrons. The standard InChI is InChI=1S/C12H16ClNO3S/c1-9(2)14(10(3)15)8-11-4-6-12(7-5-11)18(13,16)17/h4-7,9H,8H2,1-3H3. The first-order valence-corrected chi connectivity index (χ1v) is 7.83. The van der Waals surface area contributed by atoms with Crippen LogP contribution in [0, 0.1) is 0 Å². The highest BCUT2D eigenvalue weighted by Crippen LogP contribution is 2.16. The third-order valence-electron chi connectivity index (χ3n) is 2.59. The molecule has 0 aliphatic heterocycles. The Hall–Kier alpha value is -1.07. The second-order valence-electron chi connectivity index (χ2n) is 4.32. The van der Waals surface area contributed by atoms with Crippen LogP contribution in [0.4, 0.5) is 0 Å². The number of carbonyl (C=O) groups is 1. The van der Waals surface area contributed by atoms with Gasteiger partial charge in [-0.05, 0) is 31.5 Å². The van der Waals surface area contributed by atoms with Crippen molar-refractivity contribution in [3.63, 3.8) is 0 Å². The Morgan fingerprint density at radius 3 is 2.11 bits per heavy atom. The Labute approximate surface area is 112 Å². The Kier molecular flexibility index (Phi) is 4.76. The van der Waals surface area contributed by atoms with E-state index in [-0.39, 0.29) is 16.8 Å². The van der Waals surface area contributed by atoms with E-state index in [0.29, 0.717) is 6.54 Å². The van der Waals surface area contributed by atoms with Crippen molar-refractivity contribution in [1.29, 1.82) is 0 Å². The molecule has 0 saturated carbocycles. The quantitative estimate of drug-likeness (QED) is 0.800. The summed E-state index contributed by atoms with van der Waals surface area (Å²) in [6.45, 7) is 5.82.